The number of anilines is 2. The predicted octanol–water partition coefficient (Wildman–Crippen LogP) is -0.00598. The van der Waals surface area contributed by atoms with Crippen molar-refractivity contribution < 1.29 is 4.79 Å². The maximum Gasteiger partial charge on any atom is 0.224 e. The van der Waals surface area contributed by atoms with Gasteiger partial charge in [0, 0.05) is 12.1 Å². The molecule has 7 heteroatoms. The van der Waals surface area contributed by atoms with Gasteiger partial charge >= 0.3 is 0 Å². The van der Waals surface area contributed by atoms with E-state index in [1.54, 1.807) is 13.8 Å². The summed E-state index contributed by atoms with van der Waals surface area (Å²) in [6, 6.07) is 0. The third kappa shape index (κ3) is 3.04. The fourth-order valence-electron chi connectivity index (χ4n) is 1.17. The van der Waals surface area contributed by atoms with Gasteiger partial charge in [-0.3, -0.25) is 4.79 Å². The van der Waals surface area contributed by atoms with Crippen LogP contribution < -0.4 is 22.3 Å². The molecule has 17 heavy (non-hydrogen) atoms. The van der Waals surface area contributed by atoms with Crippen molar-refractivity contribution in [3.63, 3.8) is 0 Å². The molecule has 1 aromatic heterocycles. The fraction of sp³-hybridized carbons (Fsp3) is 0.500. The topological polar surface area (TPSA) is 119 Å². The quantitative estimate of drug-likeness (QED) is 0.423. The van der Waals surface area contributed by atoms with Crippen LogP contribution in [0.15, 0.2) is 6.33 Å². The SMILES string of the molecule is Cc1c(NN)ncnc1NCC(C)(C)C(N)=O. The van der Waals surface area contributed by atoms with Crippen molar-refractivity contribution in [3.05, 3.63) is 11.9 Å². The number of hydrogen-bond acceptors (Lipinski definition) is 6. The van der Waals surface area contributed by atoms with Crippen molar-refractivity contribution in [3.8, 4) is 0 Å². The van der Waals surface area contributed by atoms with Crippen LogP contribution in [0.2, 0.25) is 0 Å². The maximum absolute atomic E-state index is 11.2. The molecule has 0 unspecified atom stereocenters. The van der Waals surface area contributed by atoms with E-state index in [-0.39, 0.29) is 5.91 Å². The van der Waals surface area contributed by atoms with Gasteiger partial charge < -0.3 is 16.5 Å². The first-order valence-electron chi connectivity index (χ1n) is 5.20. The summed E-state index contributed by atoms with van der Waals surface area (Å²) < 4.78 is 0. The third-order valence-corrected chi connectivity index (χ3v) is 2.59. The average Bonchev–Trinajstić information content (AvgIpc) is 2.27. The van der Waals surface area contributed by atoms with E-state index >= 15 is 0 Å². The molecule has 0 atom stereocenters. The molecule has 7 nitrogen and oxygen atoms in total. The van der Waals surface area contributed by atoms with Gasteiger partial charge in [0.15, 0.2) is 0 Å². The Balaban J connectivity index is 2.80. The van der Waals surface area contributed by atoms with E-state index in [9.17, 15) is 4.79 Å². The monoisotopic (exact) mass is 238 g/mol. The second kappa shape index (κ2) is 4.96. The highest BCUT2D eigenvalue weighted by molar-refractivity contribution is 5.80. The number of nitrogens with one attached hydrogen (secondary N) is 2. The maximum atomic E-state index is 11.2. The Hall–Kier alpha value is -1.89. The highest BCUT2D eigenvalue weighted by Crippen LogP contribution is 2.20. The Morgan fingerprint density at radius 2 is 2.00 bits per heavy atom. The van der Waals surface area contributed by atoms with E-state index in [0.717, 1.165) is 5.56 Å². The van der Waals surface area contributed by atoms with Gasteiger partial charge in [-0.1, -0.05) is 0 Å². The molecule has 0 aliphatic carbocycles. The smallest absolute Gasteiger partial charge is 0.224 e. The Bertz CT molecular complexity index is 417. The molecule has 0 aliphatic rings. The number of rotatable bonds is 5. The number of carbonyl (C=O) groups is 1. The first-order valence-corrected chi connectivity index (χ1v) is 5.20. The average molecular weight is 238 g/mol. The molecule has 0 saturated heterocycles. The van der Waals surface area contributed by atoms with E-state index in [2.05, 4.69) is 20.7 Å². The summed E-state index contributed by atoms with van der Waals surface area (Å²) in [6.45, 7) is 5.75. The van der Waals surface area contributed by atoms with Crippen LogP contribution in [0.3, 0.4) is 0 Å². The van der Waals surface area contributed by atoms with Gasteiger partial charge in [0.05, 0.1) is 5.41 Å². The lowest BCUT2D eigenvalue weighted by molar-refractivity contribution is -0.125. The van der Waals surface area contributed by atoms with Gasteiger partial charge in [0.2, 0.25) is 5.91 Å². The number of nitrogen functional groups attached to an aromatic ring is 1. The minimum absolute atomic E-state index is 0.367. The molecule has 0 bridgehead atoms. The number of aromatic nitrogens is 2. The van der Waals surface area contributed by atoms with Gasteiger partial charge in [0.25, 0.3) is 0 Å². The zero-order chi connectivity index (χ0) is 13.1. The minimum atomic E-state index is -0.645. The number of hydrazine groups is 1. The lowest BCUT2D eigenvalue weighted by atomic mass is 9.93. The van der Waals surface area contributed by atoms with Crippen molar-refractivity contribution in [2.75, 3.05) is 17.3 Å². The van der Waals surface area contributed by atoms with Crippen LogP contribution in [0, 0.1) is 12.3 Å². The van der Waals surface area contributed by atoms with Crippen molar-refractivity contribution >= 4 is 17.5 Å². The second-order valence-electron chi connectivity index (χ2n) is 4.44. The van der Waals surface area contributed by atoms with Crippen LogP contribution in [-0.2, 0) is 4.79 Å². The minimum Gasteiger partial charge on any atom is -0.369 e. The van der Waals surface area contributed by atoms with Gasteiger partial charge in [-0.05, 0) is 20.8 Å². The summed E-state index contributed by atoms with van der Waals surface area (Å²) in [5, 5.41) is 3.06. The van der Waals surface area contributed by atoms with Crippen molar-refractivity contribution in [1.29, 1.82) is 0 Å². The van der Waals surface area contributed by atoms with Crippen molar-refractivity contribution in [1.82, 2.24) is 9.97 Å². The molecule has 0 aromatic carbocycles. The molecule has 1 amide bonds. The molecule has 0 aliphatic heterocycles. The number of carbonyl (C=O) groups excluding carboxylic acids is 1. The summed E-state index contributed by atoms with van der Waals surface area (Å²) in [7, 11) is 0. The molecular formula is C10H18N6O. The molecular weight excluding hydrogens is 220 g/mol. The molecule has 1 rings (SSSR count). The van der Waals surface area contributed by atoms with E-state index < -0.39 is 5.41 Å². The summed E-state index contributed by atoms with van der Waals surface area (Å²) in [5.41, 5.74) is 7.90. The zero-order valence-electron chi connectivity index (χ0n) is 10.2. The van der Waals surface area contributed by atoms with Crippen LogP contribution in [0.25, 0.3) is 0 Å². The summed E-state index contributed by atoms with van der Waals surface area (Å²) in [5.74, 6) is 6.11. The van der Waals surface area contributed by atoms with Crippen molar-refractivity contribution in [2.45, 2.75) is 20.8 Å². The first-order chi connectivity index (χ1) is 7.88. The van der Waals surface area contributed by atoms with Crippen LogP contribution >= 0.6 is 0 Å². The highest BCUT2D eigenvalue weighted by atomic mass is 16.1. The fourth-order valence-corrected chi connectivity index (χ4v) is 1.17. The largest absolute Gasteiger partial charge is 0.369 e. The Morgan fingerprint density at radius 1 is 1.41 bits per heavy atom. The first kappa shape index (κ1) is 13.2. The zero-order valence-corrected chi connectivity index (χ0v) is 10.2. The number of amides is 1. The summed E-state index contributed by atoms with van der Waals surface area (Å²) in [6.07, 6.45) is 1.39. The van der Waals surface area contributed by atoms with Gasteiger partial charge in [-0.25, -0.2) is 15.8 Å². The summed E-state index contributed by atoms with van der Waals surface area (Å²) in [4.78, 5) is 19.2. The van der Waals surface area contributed by atoms with Gasteiger partial charge in [-0.2, -0.15) is 0 Å². The standard InChI is InChI=1S/C10H18N6O/c1-6-7(14-5-15-8(6)16-12)13-4-10(2,3)9(11)17/h5H,4,12H2,1-3H3,(H2,11,17)(H2,13,14,15,16). The molecule has 6 N–H and O–H groups in total. The van der Waals surface area contributed by atoms with Crippen LogP contribution in [-0.4, -0.2) is 22.4 Å². The molecule has 0 radical (unpaired) electrons. The van der Waals surface area contributed by atoms with Crippen LogP contribution in [0.4, 0.5) is 11.6 Å². The van der Waals surface area contributed by atoms with Gasteiger partial charge in [-0.15, -0.1) is 0 Å². The van der Waals surface area contributed by atoms with Gasteiger partial charge in [0.1, 0.15) is 18.0 Å². The number of nitrogens with two attached hydrogens (primary N) is 2. The Kier molecular flexibility index (Phi) is 3.84. The number of nitrogens with zero attached hydrogens (tertiary/aromatic N) is 2. The number of hydrogen-bond donors (Lipinski definition) is 4. The molecule has 1 heterocycles. The highest BCUT2D eigenvalue weighted by Gasteiger charge is 2.25. The Labute approximate surface area is 100.0 Å². The van der Waals surface area contributed by atoms with E-state index in [1.165, 1.54) is 6.33 Å². The lowest BCUT2D eigenvalue weighted by Gasteiger charge is -2.21. The molecule has 0 fully saturated rings. The third-order valence-electron chi connectivity index (χ3n) is 2.59. The number of primary amides is 1. The predicted molar refractivity (Wildman–Crippen MR) is 66.0 cm³/mol. The van der Waals surface area contributed by atoms with Crippen LogP contribution in [0.1, 0.15) is 19.4 Å². The molecule has 94 valence electrons. The summed E-state index contributed by atoms with van der Waals surface area (Å²) >= 11 is 0. The normalized spacial score (nSPS) is 11.1. The molecule has 0 saturated carbocycles. The van der Waals surface area contributed by atoms with E-state index in [1.807, 2.05) is 6.92 Å². The Morgan fingerprint density at radius 3 is 2.53 bits per heavy atom. The van der Waals surface area contributed by atoms with Crippen molar-refractivity contribution in [2.24, 2.45) is 17.0 Å². The second-order valence-corrected chi connectivity index (χ2v) is 4.44. The van der Waals surface area contributed by atoms with Crippen LogP contribution in [0.5, 0.6) is 0 Å². The molecule has 0 spiro atoms. The lowest BCUT2D eigenvalue weighted by Crippen LogP contribution is -2.37. The van der Waals surface area contributed by atoms with E-state index in [0.29, 0.717) is 18.2 Å². The van der Waals surface area contributed by atoms with E-state index in [4.69, 9.17) is 11.6 Å². The molecule has 1 aromatic rings.